The van der Waals surface area contributed by atoms with Crippen molar-refractivity contribution in [1.29, 1.82) is 0 Å². The van der Waals surface area contributed by atoms with Crippen LogP contribution >= 0.6 is 0 Å². The van der Waals surface area contributed by atoms with Crippen LogP contribution in [-0.2, 0) is 15.0 Å². The van der Waals surface area contributed by atoms with E-state index in [0.29, 0.717) is 18.8 Å². The second kappa shape index (κ2) is 6.38. The average Bonchev–Trinajstić information content (AvgIpc) is 2.46. The molecule has 0 aromatic heterocycles. The summed E-state index contributed by atoms with van der Waals surface area (Å²) in [6.07, 6.45) is -0.605. The summed E-state index contributed by atoms with van der Waals surface area (Å²) < 4.78 is 5.71. The summed E-state index contributed by atoms with van der Waals surface area (Å²) in [4.78, 5) is 25.2. The van der Waals surface area contributed by atoms with Crippen molar-refractivity contribution in [1.82, 2.24) is 10.2 Å². The molecule has 2 amide bonds. The van der Waals surface area contributed by atoms with Crippen molar-refractivity contribution in [2.45, 2.75) is 39.2 Å². The maximum atomic E-state index is 12.3. The summed E-state index contributed by atoms with van der Waals surface area (Å²) in [5.41, 5.74) is 1.30. The molecule has 1 aliphatic rings. The number of amides is 2. The van der Waals surface area contributed by atoms with Gasteiger partial charge in [-0.3, -0.25) is 9.59 Å². The fourth-order valence-electron chi connectivity index (χ4n) is 2.37. The van der Waals surface area contributed by atoms with Crippen LogP contribution in [0.5, 0.6) is 5.75 Å². The molecule has 1 aromatic rings. The quantitative estimate of drug-likeness (QED) is 0.925. The maximum absolute atomic E-state index is 12.3. The number of hydrogen-bond donors (Lipinski definition) is 1. The minimum absolute atomic E-state index is 0.0845. The third-order valence-corrected chi connectivity index (χ3v) is 3.73. The number of hydrogen-bond acceptors (Lipinski definition) is 3. The third-order valence-electron chi connectivity index (χ3n) is 3.73. The Labute approximate surface area is 131 Å². The lowest BCUT2D eigenvalue weighted by atomic mass is 9.87. The highest BCUT2D eigenvalue weighted by molar-refractivity contribution is 5.88. The minimum Gasteiger partial charge on any atom is -0.481 e. The molecule has 1 saturated heterocycles. The molecule has 0 saturated carbocycles. The molecule has 1 fully saturated rings. The maximum Gasteiger partial charge on any atom is 0.263 e. The van der Waals surface area contributed by atoms with Crippen LogP contribution in [-0.4, -0.2) is 42.5 Å². The lowest BCUT2D eigenvalue weighted by Crippen LogP contribution is -2.53. The second-order valence-electron chi connectivity index (χ2n) is 6.64. The molecule has 0 spiro atoms. The van der Waals surface area contributed by atoms with Crippen molar-refractivity contribution in [3.8, 4) is 5.75 Å². The summed E-state index contributed by atoms with van der Waals surface area (Å²) in [5, 5.41) is 2.70. The Balaban J connectivity index is 1.97. The van der Waals surface area contributed by atoms with E-state index in [2.05, 4.69) is 26.1 Å². The van der Waals surface area contributed by atoms with Crippen LogP contribution in [0, 0.1) is 0 Å². The van der Waals surface area contributed by atoms with Gasteiger partial charge in [0.05, 0.1) is 6.54 Å². The summed E-state index contributed by atoms with van der Waals surface area (Å²) in [5.74, 6) is 0.381. The van der Waals surface area contributed by atoms with Gasteiger partial charge in [-0.25, -0.2) is 0 Å². The highest BCUT2D eigenvalue weighted by atomic mass is 16.5. The molecule has 0 bridgehead atoms. The summed E-state index contributed by atoms with van der Waals surface area (Å²) in [6, 6.07) is 7.79. The van der Waals surface area contributed by atoms with Crippen LogP contribution in [0.25, 0.3) is 0 Å². The Kier molecular flexibility index (Phi) is 4.74. The normalized spacial score (nSPS) is 16.9. The predicted octanol–water partition coefficient (Wildman–Crippen LogP) is 1.71. The van der Waals surface area contributed by atoms with Crippen LogP contribution in [0.1, 0.15) is 33.3 Å². The molecule has 5 heteroatoms. The highest BCUT2D eigenvalue weighted by Gasteiger charge is 2.26. The molecule has 1 heterocycles. The molecule has 22 heavy (non-hydrogen) atoms. The zero-order chi connectivity index (χ0) is 16.3. The zero-order valence-electron chi connectivity index (χ0n) is 13.7. The lowest BCUT2D eigenvalue weighted by Gasteiger charge is -2.29. The number of carbonyl (C=O) groups is 2. The van der Waals surface area contributed by atoms with Crippen molar-refractivity contribution in [2.75, 3.05) is 19.6 Å². The molecular weight excluding hydrogens is 280 g/mol. The molecule has 1 atom stereocenters. The van der Waals surface area contributed by atoms with Gasteiger partial charge in [-0.05, 0) is 30.0 Å². The van der Waals surface area contributed by atoms with E-state index in [1.54, 1.807) is 6.92 Å². The molecule has 0 radical (unpaired) electrons. The Morgan fingerprint density at radius 3 is 2.45 bits per heavy atom. The van der Waals surface area contributed by atoms with Gasteiger partial charge in [-0.1, -0.05) is 32.9 Å². The summed E-state index contributed by atoms with van der Waals surface area (Å²) >= 11 is 0. The van der Waals surface area contributed by atoms with Gasteiger partial charge >= 0.3 is 0 Å². The van der Waals surface area contributed by atoms with Gasteiger partial charge in [0, 0.05) is 13.1 Å². The lowest BCUT2D eigenvalue weighted by molar-refractivity contribution is -0.143. The molecule has 1 aromatic carbocycles. The Morgan fingerprint density at radius 1 is 1.27 bits per heavy atom. The van der Waals surface area contributed by atoms with Gasteiger partial charge in [0.25, 0.3) is 5.91 Å². The first-order valence-electron chi connectivity index (χ1n) is 7.60. The second-order valence-corrected chi connectivity index (χ2v) is 6.64. The fourth-order valence-corrected chi connectivity index (χ4v) is 2.37. The number of rotatable bonds is 3. The van der Waals surface area contributed by atoms with Crippen LogP contribution in [0.3, 0.4) is 0 Å². The first kappa shape index (κ1) is 16.3. The summed E-state index contributed by atoms with van der Waals surface area (Å²) in [7, 11) is 0. The van der Waals surface area contributed by atoms with Crippen molar-refractivity contribution in [2.24, 2.45) is 0 Å². The van der Waals surface area contributed by atoms with Crippen molar-refractivity contribution in [3.05, 3.63) is 29.8 Å². The predicted molar refractivity (Wildman–Crippen MR) is 84.8 cm³/mol. The third kappa shape index (κ3) is 4.00. The van der Waals surface area contributed by atoms with E-state index < -0.39 is 6.10 Å². The number of nitrogens with one attached hydrogen (secondary N) is 1. The topological polar surface area (TPSA) is 58.6 Å². The smallest absolute Gasteiger partial charge is 0.263 e. The Morgan fingerprint density at radius 2 is 1.91 bits per heavy atom. The molecule has 120 valence electrons. The SMILES string of the molecule is CC(Oc1ccc(C(C)(C)C)cc1)C(=O)N1CCNC(=O)C1. The van der Waals surface area contributed by atoms with Gasteiger partial charge in [0.2, 0.25) is 5.91 Å². The molecule has 5 nitrogen and oxygen atoms in total. The highest BCUT2D eigenvalue weighted by Crippen LogP contribution is 2.24. The van der Waals surface area contributed by atoms with E-state index in [0.717, 1.165) is 0 Å². The number of benzene rings is 1. The van der Waals surface area contributed by atoms with E-state index in [9.17, 15) is 9.59 Å². The molecule has 2 rings (SSSR count). The largest absolute Gasteiger partial charge is 0.481 e. The van der Waals surface area contributed by atoms with Gasteiger partial charge in [0.15, 0.2) is 6.10 Å². The Bertz CT molecular complexity index is 546. The Hall–Kier alpha value is -2.04. The zero-order valence-corrected chi connectivity index (χ0v) is 13.7. The molecule has 0 aliphatic carbocycles. The van der Waals surface area contributed by atoms with E-state index in [4.69, 9.17) is 4.74 Å². The van der Waals surface area contributed by atoms with Crippen molar-refractivity contribution in [3.63, 3.8) is 0 Å². The van der Waals surface area contributed by atoms with Crippen LogP contribution in [0.15, 0.2) is 24.3 Å². The molecular formula is C17H24N2O3. The van der Waals surface area contributed by atoms with E-state index >= 15 is 0 Å². The monoisotopic (exact) mass is 304 g/mol. The number of piperazine rings is 1. The van der Waals surface area contributed by atoms with Gasteiger partial charge in [-0.15, -0.1) is 0 Å². The van der Waals surface area contributed by atoms with E-state index in [1.165, 1.54) is 10.5 Å². The van der Waals surface area contributed by atoms with E-state index in [-0.39, 0.29) is 23.8 Å². The van der Waals surface area contributed by atoms with Crippen LogP contribution in [0.2, 0.25) is 0 Å². The van der Waals surface area contributed by atoms with Gasteiger partial charge < -0.3 is 15.0 Å². The van der Waals surface area contributed by atoms with Crippen molar-refractivity contribution >= 4 is 11.8 Å². The fraction of sp³-hybridized carbons (Fsp3) is 0.529. The number of ether oxygens (including phenoxy) is 1. The molecule has 1 N–H and O–H groups in total. The van der Waals surface area contributed by atoms with Crippen LogP contribution < -0.4 is 10.1 Å². The minimum atomic E-state index is -0.605. The standard InChI is InChI=1S/C17H24N2O3/c1-12(16(21)19-10-9-18-15(20)11-19)22-14-7-5-13(6-8-14)17(2,3)4/h5-8,12H,9-11H2,1-4H3,(H,18,20). The van der Waals surface area contributed by atoms with Crippen LogP contribution in [0.4, 0.5) is 0 Å². The molecule has 1 aliphatic heterocycles. The first-order chi connectivity index (χ1) is 10.3. The van der Waals surface area contributed by atoms with Gasteiger partial charge in [-0.2, -0.15) is 0 Å². The number of nitrogens with zero attached hydrogens (tertiary/aromatic N) is 1. The van der Waals surface area contributed by atoms with Crippen molar-refractivity contribution < 1.29 is 14.3 Å². The number of carbonyl (C=O) groups excluding carboxylic acids is 2. The summed E-state index contributed by atoms with van der Waals surface area (Å²) in [6.45, 7) is 9.30. The first-order valence-corrected chi connectivity index (χ1v) is 7.60. The van der Waals surface area contributed by atoms with Gasteiger partial charge in [0.1, 0.15) is 5.75 Å². The average molecular weight is 304 g/mol. The molecule has 1 unspecified atom stereocenters. The van der Waals surface area contributed by atoms with E-state index in [1.807, 2.05) is 24.3 Å².